The fraction of sp³-hybridized carbons (Fsp3) is 0.500. The molecular weight excluding hydrogens is 268 g/mol. The Balaban J connectivity index is 2.16. The van der Waals surface area contributed by atoms with Gasteiger partial charge in [-0.2, -0.15) is 0 Å². The van der Waals surface area contributed by atoms with Crippen LogP contribution >= 0.6 is 0 Å². The number of para-hydroxylation sites is 1. The number of carbonyl (C=O) groups is 2. The van der Waals surface area contributed by atoms with Crippen molar-refractivity contribution in [1.82, 2.24) is 5.32 Å². The summed E-state index contributed by atoms with van der Waals surface area (Å²) in [5.41, 5.74) is 0.640. The highest BCUT2D eigenvalue weighted by atomic mass is 16.4. The van der Waals surface area contributed by atoms with Crippen molar-refractivity contribution in [1.29, 1.82) is 0 Å². The SMILES string of the molecule is Cc1ccccc1N(C)C(=O)NC1(C(=O)O)CCCCC1. The minimum absolute atomic E-state index is 0.367. The molecule has 0 heterocycles. The van der Waals surface area contributed by atoms with E-state index in [0.717, 1.165) is 30.5 Å². The first kappa shape index (κ1) is 15.4. The van der Waals surface area contributed by atoms with E-state index in [-0.39, 0.29) is 6.03 Å². The highest BCUT2D eigenvalue weighted by molar-refractivity contribution is 5.96. The first-order valence-electron chi connectivity index (χ1n) is 7.31. The molecule has 114 valence electrons. The number of carbonyl (C=O) groups excluding carboxylic acids is 1. The molecule has 0 aromatic heterocycles. The number of benzene rings is 1. The van der Waals surface area contributed by atoms with E-state index in [2.05, 4.69) is 5.32 Å². The molecule has 0 bridgehead atoms. The van der Waals surface area contributed by atoms with Gasteiger partial charge in [-0.3, -0.25) is 4.90 Å². The summed E-state index contributed by atoms with van der Waals surface area (Å²) < 4.78 is 0. The number of amides is 2. The van der Waals surface area contributed by atoms with Crippen LogP contribution in [-0.4, -0.2) is 29.7 Å². The highest BCUT2D eigenvalue weighted by Crippen LogP contribution is 2.29. The molecule has 0 radical (unpaired) electrons. The fourth-order valence-electron chi connectivity index (χ4n) is 2.89. The Hall–Kier alpha value is -2.04. The predicted octanol–water partition coefficient (Wildman–Crippen LogP) is 2.93. The number of nitrogens with zero attached hydrogens (tertiary/aromatic N) is 1. The van der Waals surface area contributed by atoms with E-state index in [1.54, 1.807) is 7.05 Å². The lowest BCUT2D eigenvalue weighted by Gasteiger charge is -2.35. The molecule has 21 heavy (non-hydrogen) atoms. The molecule has 0 atom stereocenters. The number of carboxylic acid groups (broad SMARTS) is 1. The zero-order chi connectivity index (χ0) is 15.5. The normalized spacial score (nSPS) is 17.0. The maximum atomic E-state index is 12.4. The Morgan fingerprint density at radius 2 is 1.81 bits per heavy atom. The number of rotatable bonds is 3. The van der Waals surface area contributed by atoms with E-state index in [1.807, 2.05) is 31.2 Å². The zero-order valence-electron chi connectivity index (χ0n) is 12.6. The standard InChI is InChI=1S/C16H22N2O3/c1-12-8-4-5-9-13(12)18(2)15(21)17-16(14(19)20)10-6-3-7-11-16/h4-5,8-9H,3,6-7,10-11H2,1-2H3,(H,17,21)(H,19,20). The van der Waals surface area contributed by atoms with Gasteiger partial charge < -0.3 is 10.4 Å². The van der Waals surface area contributed by atoms with Crippen LogP contribution in [0.3, 0.4) is 0 Å². The molecule has 1 aliphatic rings. The number of aryl methyl sites for hydroxylation is 1. The minimum atomic E-state index is -1.12. The monoisotopic (exact) mass is 290 g/mol. The number of nitrogens with one attached hydrogen (secondary N) is 1. The van der Waals surface area contributed by atoms with Crippen LogP contribution in [-0.2, 0) is 4.79 Å². The van der Waals surface area contributed by atoms with Crippen LogP contribution in [0.2, 0.25) is 0 Å². The maximum Gasteiger partial charge on any atom is 0.329 e. The lowest BCUT2D eigenvalue weighted by molar-refractivity contribution is -0.145. The van der Waals surface area contributed by atoms with E-state index < -0.39 is 11.5 Å². The average Bonchev–Trinajstić information content (AvgIpc) is 2.47. The molecule has 0 aliphatic heterocycles. The summed E-state index contributed by atoms with van der Waals surface area (Å²) in [6.45, 7) is 1.92. The van der Waals surface area contributed by atoms with E-state index in [9.17, 15) is 14.7 Å². The summed E-state index contributed by atoms with van der Waals surface area (Å²) in [6, 6.07) is 7.17. The molecule has 0 saturated heterocycles. The lowest BCUT2D eigenvalue weighted by atomic mass is 9.82. The molecule has 5 nitrogen and oxygen atoms in total. The zero-order valence-corrected chi connectivity index (χ0v) is 12.6. The van der Waals surface area contributed by atoms with Gasteiger partial charge in [0.05, 0.1) is 0 Å². The highest BCUT2D eigenvalue weighted by Gasteiger charge is 2.41. The van der Waals surface area contributed by atoms with Crippen LogP contribution < -0.4 is 10.2 Å². The third kappa shape index (κ3) is 3.17. The second kappa shape index (κ2) is 6.16. The number of hydrogen-bond acceptors (Lipinski definition) is 2. The van der Waals surface area contributed by atoms with E-state index in [1.165, 1.54) is 4.90 Å². The van der Waals surface area contributed by atoms with Crippen LogP contribution in [0.15, 0.2) is 24.3 Å². The third-order valence-electron chi connectivity index (χ3n) is 4.24. The molecule has 2 N–H and O–H groups in total. The number of aliphatic carboxylic acids is 1. The van der Waals surface area contributed by atoms with Crippen molar-refractivity contribution < 1.29 is 14.7 Å². The Kier molecular flexibility index (Phi) is 4.50. The number of hydrogen-bond donors (Lipinski definition) is 2. The quantitative estimate of drug-likeness (QED) is 0.899. The Morgan fingerprint density at radius 1 is 1.19 bits per heavy atom. The molecular formula is C16H22N2O3. The first-order chi connectivity index (χ1) is 9.96. The first-order valence-corrected chi connectivity index (χ1v) is 7.31. The van der Waals surface area contributed by atoms with Crippen molar-refractivity contribution in [3.8, 4) is 0 Å². The average molecular weight is 290 g/mol. The molecule has 0 spiro atoms. The van der Waals surface area contributed by atoms with Gasteiger partial charge in [0.2, 0.25) is 0 Å². The van der Waals surface area contributed by atoms with Gasteiger partial charge in [-0.15, -0.1) is 0 Å². The molecule has 0 unspecified atom stereocenters. The van der Waals surface area contributed by atoms with Crippen LogP contribution in [0.5, 0.6) is 0 Å². The van der Waals surface area contributed by atoms with E-state index >= 15 is 0 Å². The second-order valence-electron chi connectivity index (χ2n) is 5.72. The Bertz CT molecular complexity index is 536. The van der Waals surface area contributed by atoms with Gasteiger partial charge in [0, 0.05) is 12.7 Å². The van der Waals surface area contributed by atoms with Crippen molar-refractivity contribution in [3.05, 3.63) is 29.8 Å². The fourth-order valence-corrected chi connectivity index (χ4v) is 2.89. The number of anilines is 1. The van der Waals surface area contributed by atoms with Gasteiger partial charge in [-0.1, -0.05) is 37.5 Å². The molecule has 1 aliphatic carbocycles. The largest absolute Gasteiger partial charge is 0.480 e. The van der Waals surface area contributed by atoms with Crippen LogP contribution in [0.4, 0.5) is 10.5 Å². The predicted molar refractivity (Wildman–Crippen MR) is 81.6 cm³/mol. The van der Waals surface area contributed by atoms with Crippen molar-refractivity contribution in [2.24, 2.45) is 0 Å². The van der Waals surface area contributed by atoms with Gasteiger partial charge in [0.25, 0.3) is 0 Å². The van der Waals surface area contributed by atoms with Gasteiger partial charge in [0.15, 0.2) is 0 Å². The van der Waals surface area contributed by atoms with Crippen molar-refractivity contribution in [3.63, 3.8) is 0 Å². The van der Waals surface area contributed by atoms with Crippen molar-refractivity contribution >= 4 is 17.7 Å². The Morgan fingerprint density at radius 3 is 2.38 bits per heavy atom. The molecule has 2 amide bonds. The number of carboxylic acids is 1. The van der Waals surface area contributed by atoms with Crippen LogP contribution in [0, 0.1) is 6.92 Å². The molecule has 1 fully saturated rings. The van der Waals surface area contributed by atoms with Gasteiger partial charge in [-0.25, -0.2) is 9.59 Å². The van der Waals surface area contributed by atoms with Crippen molar-refractivity contribution in [2.45, 2.75) is 44.6 Å². The maximum absolute atomic E-state index is 12.4. The van der Waals surface area contributed by atoms with Gasteiger partial charge in [-0.05, 0) is 31.4 Å². The number of urea groups is 1. The molecule has 1 aromatic rings. The lowest BCUT2D eigenvalue weighted by Crippen LogP contribution is -2.58. The molecule has 1 aromatic carbocycles. The van der Waals surface area contributed by atoms with E-state index in [0.29, 0.717) is 12.8 Å². The minimum Gasteiger partial charge on any atom is -0.480 e. The van der Waals surface area contributed by atoms with E-state index in [4.69, 9.17) is 0 Å². The summed E-state index contributed by atoms with van der Waals surface area (Å²) in [6.07, 6.45) is 3.69. The second-order valence-corrected chi connectivity index (χ2v) is 5.72. The van der Waals surface area contributed by atoms with Crippen LogP contribution in [0.25, 0.3) is 0 Å². The Labute approximate surface area is 125 Å². The summed E-state index contributed by atoms with van der Waals surface area (Å²) >= 11 is 0. The molecule has 2 rings (SSSR count). The molecule has 1 saturated carbocycles. The van der Waals surface area contributed by atoms with Gasteiger partial charge in [0.1, 0.15) is 5.54 Å². The topological polar surface area (TPSA) is 69.6 Å². The summed E-state index contributed by atoms with van der Waals surface area (Å²) in [5, 5.41) is 12.3. The van der Waals surface area contributed by atoms with Gasteiger partial charge >= 0.3 is 12.0 Å². The van der Waals surface area contributed by atoms with Crippen LogP contribution in [0.1, 0.15) is 37.7 Å². The molecule has 5 heteroatoms. The summed E-state index contributed by atoms with van der Waals surface area (Å²) in [7, 11) is 1.66. The third-order valence-corrected chi connectivity index (χ3v) is 4.24. The summed E-state index contributed by atoms with van der Waals surface area (Å²) in [5.74, 6) is -0.936. The summed E-state index contributed by atoms with van der Waals surface area (Å²) in [4.78, 5) is 25.5. The smallest absolute Gasteiger partial charge is 0.329 e. The van der Waals surface area contributed by atoms with Crippen molar-refractivity contribution in [2.75, 3.05) is 11.9 Å².